The van der Waals surface area contributed by atoms with Crippen LogP contribution in [0.15, 0.2) is 0 Å². The predicted octanol–water partition coefficient (Wildman–Crippen LogP) is 21.9. The number of hydrogen-bond acceptors (Lipinski definition) is 0. The van der Waals surface area contributed by atoms with Crippen LogP contribution >= 0.6 is 0 Å². The lowest BCUT2D eigenvalue weighted by Crippen LogP contribution is -1.93. The Morgan fingerprint density at radius 1 is 0.149 bits per heavy atom. The van der Waals surface area contributed by atoms with Gasteiger partial charge >= 0.3 is 0 Å². The molecule has 0 rings (SSSR count). The van der Waals surface area contributed by atoms with Crippen LogP contribution in [0.5, 0.6) is 0 Å². The van der Waals surface area contributed by atoms with Gasteiger partial charge < -0.3 is 0 Å². The van der Waals surface area contributed by atoms with Crippen LogP contribution in [0, 0.1) is 32.5 Å². The molecule has 0 atom stereocenters. The van der Waals surface area contributed by atoms with Crippen LogP contribution in [-0.2, 0) is 0 Å². The van der Waals surface area contributed by atoms with E-state index in [-0.39, 0.29) is 25.1 Å². The summed E-state index contributed by atoms with van der Waals surface area (Å²) in [6.07, 6.45) is 0. The van der Waals surface area contributed by atoms with E-state index in [0.29, 0.717) is 32.5 Å². The third kappa shape index (κ3) is 0. The Kier molecular flexibility index (Phi) is 158. The molecule has 0 nitrogen and oxygen atoms in total. The van der Waals surface area contributed by atoms with E-state index in [1.807, 2.05) is 96.9 Å². The molecule has 0 bridgehead atoms. The minimum Gasteiger partial charge on any atom is -0.0776 e. The molecule has 318 valence electrons. The van der Waals surface area contributed by atoms with Crippen molar-refractivity contribution in [2.45, 2.75) is 285 Å². The van der Waals surface area contributed by atoms with Gasteiger partial charge in [-0.3, -0.25) is 0 Å². The smallest absolute Gasteiger partial charge is 0 e. The van der Waals surface area contributed by atoms with Crippen molar-refractivity contribution in [2.24, 2.45) is 32.5 Å². The van der Waals surface area contributed by atoms with Gasteiger partial charge in [0.25, 0.3) is 0 Å². The maximum absolute atomic E-state index is 2.19. The van der Waals surface area contributed by atoms with E-state index in [1.54, 1.807) is 0 Å². The molecule has 0 amide bonds. The van der Waals surface area contributed by atoms with Gasteiger partial charge in [-0.25, -0.2) is 0 Å². The second-order valence-electron chi connectivity index (χ2n) is 18.0. The van der Waals surface area contributed by atoms with Crippen molar-refractivity contribution in [2.75, 3.05) is 0 Å². The Morgan fingerprint density at radius 3 is 0.149 bits per heavy atom. The molecule has 0 unspecified atom stereocenters. The highest BCUT2D eigenvalue weighted by atomic mass is 14.0. The highest BCUT2D eigenvalue weighted by Crippen LogP contribution is 2.10. The third-order valence-corrected chi connectivity index (χ3v) is 0. The second-order valence-corrected chi connectivity index (χ2v) is 18.0. The molecule has 0 radical (unpaired) electrons. The quantitative estimate of drug-likeness (QED) is 0.236. The van der Waals surface area contributed by atoms with Gasteiger partial charge in [0, 0.05) is 2.85 Å². The van der Waals surface area contributed by atoms with Crippen LogP contribution in [0.1, 0.15) is 288 Å². The molecule has 0 saturated heterocycles. The zero-order chi connectivity index (χ0) is 41.0. The fourth-order valence-corrected chi connectivity index (χ4v) is 0. The van der Waals surface area contributed by atoms with E-state index in [1.165, 1.54) is 0 Å². The Labute approximate surface area is 320 Å². The van der Waals surface area contributed by atoms with Crippen molar-refractivity contribution >= 4 is 0 Å². The molecule has 0 N–H and O–H groups in total. The molecule has 0 heterocycles. The van der Waals surface area contributed by atoms with Crippen LogP contribution < -0.4 is 0 Å². The maximum atomic E-state index is 2.19. The lowest BCUT2D eigenvalue weighted by atomic mass is 10.0. The van der Waals surface area contributed by atoms with Crippen LogP contribution in [0.4, 0.5) is 0 Å². The molecular weight excluding hydrogens is 565 g/mol. The minimum absolute atomic E-state index is 0. The van der Waals surface area contributed by atoms with Crippen LogP contribution in [0.3, 0.4) is 0 Å². The van der Waals surface area contributed by atoms with Crippen molar-refractivity contribution in [3.63, 3.8) is 0 Å². The summed E-state index contributed by atoms with van der Waals surface area (Å²) >= 11 is 0. The summed E-state index contributed by atoms with van der Waals surface area (Å²) in [5.74, 6) is 0. The molecule has 0 fully saturated rings. The van der Waals surface area contributed by atoms with E-state index in [0.717, 1.165) is 0 Å². The Balaban J connectivity index is -0.0000000135. The Hall–Kier alpha value is 0. The van der Waals surface area contributed by atoms with E-state index in [2.05, 4.69) is 166 Å². The molecular formula is C47H130. The fraction of sp³-hybridized carbons (Fsp3) is 1.00. The van der Waals surface area contributed by atoms with Gasteiger partial charge in [-0.15, -0.1) is 0 Å². The Morgan fingerprint density at radius 2 is 0.149 bits per heavy atom. The Bertz CT molecular complexity index is 198. The van der Waals surface area contributed by atoms with Crippen molar-refractivity contribution < 1.29 is 2.85 Å². The molecule has 0 aromatic rings. The summed E-state index contributed by atoms with van der Waals surface area (Å²) in [6.45, 7) is 80.5. The van der Waals surface area contributed by atoms with Crippen molar-refractivity contribution in [1.82, 2.24) is 0 Å². The molecule has 0 aliphatic heterocycles. The fourth-order valence-electron chi connectivity index (χ4n) is 0. The van der Waals surface area contributed by atoms with Gasteiger partial charge in [0.05, 0.1) is 0 Å². The normalized spacial score (nSPS) is 8.55. The van der Waals surface area contributed by atoms with Gasteiger partial charge in [-0.1, -0.05) is 285 Å². The first-order chi connectivity index (χ1) is 19.0. The first-order valence-electron chi connectivity index (χ1n) is 19.0. The largest absolute Gasteiger partial charge is 0.0776 e. The summed E-state index contributed by atoms with van der Waals surface area (Å²) in [5, 5.41) is 0. The summed E-state index contributed by atoms with van der Waals surface area (Å²) in [7, 11) is 0. The zero-order valence-electron chi connectivity index (χ0n) is 41.0. The highest BCUT2D eigenvalue weighted by Gasteiger charge is 1.97. The lowest BCUT2D eigenvalue weighted by Gasteiger charge is -2.05. The van der Waals surface area contributed by atoms with E-state index < -0.39 is 0 Å². The maximum Gasteiger partial charge on any atom is 0 e. The third-order valence-electron chi connectivity index (χ3n) is 0. The molecule has 0 aromatic heterocycles. The van der Waals surface area contributed by atoms with Gasteiger partial charge in [-0.05, 0) is 32.5 Å². The molecule has 0 aromatic carbocycles. The van der Waals surface area contributed by atoms with Crippen molar-refractivity contribution in [3.8, 4) is 0 Å². The van der Waals surface area contributed by atoms with Gasteiger partial charge in [-0.2, -0.15) is 0 Å². The van der Waals surface area contributed by atoms with Crippen molar-refractivity contribution in [3.05, 3.63) is 0 Å². The van der Waals surface area contributed by atoms with E-state index in [9.17, 15) is 0 Å². The molecule has 0 spiro atoms. The topological polar surface area (TPSA) is 0 Å². The van der Waals surface area contributed by atoms with Gasteiger partial charge in [0.15, 0.2) is 0 Å². The number of rotatable bonds is 0. The summed E-state index contributed by atoms with van der Waals surface area (Å²) in [5.41, 5.74) is 3.00. The van der Waals surface area contributed by atoms with Gasteiger partial charge in [0.2, 0.25) is 0 Å². The average Bonchev–Trinajstić information content (AvgIpc) is 2.76. The van der Waals surface area contributed by atoms with E-state index in [4.69, 9.17) is 0 Å². The lowest BCUT2D eigenvalue weighted by molar-refractivity contribution is 0.469. The molecule has 47 heavy (non-hydrogen) atoms. The minimum atomic E-state index is 0. The number of hydrogen-bond donors (Lipinski definition) is 0. The van der Waals surface area contributed by atoms with Crippen LogP contribution in [0.25, 0.3) is 0 Å². The SMILES string of the molecule is C.C.C.CC.CC.CC.CC.CC.CC.CC.CC(C)(C)C.CC(C)(C)C.CC(C)(C)C.CC(C)(C)C.CC(C)(C)C.CC(C)(C)C.[2HH].[2HH]. The molecule has 0 aliphatic carbocycles. The first kappa shape index (κ1) is 103. The van der Waals surface area contributed by atoms with Crippen LogP contribution in [-0.4, -0.2) is 0 Å². The molecule has 0 saturated carbocycles. The average molecular weight is 698 g/mol. The zero-order valence-corrected chi connectivity index (χ0v) is 41.0. The summed E-state index contributed by atoms with van der Waals surface area (Å²) < 4.78 is 0. The predicted molar refractivity (Wildman–Crippen MR) is 255 cm³/mol. The van der Waals surface area contributed by atoms with Crippen LogP contribution in [0.2, 0.25) is 0 Å². The standard InChI is InChI=1S/6C5H12.7C2H6.3CH4.2H2/c6*1-5(2,3)4;7*1-2;;;;;/h6*1-4H3;7*1-2H3;3*1H4;2*1H/i;;;;;;;;;;;;;;;;2*1+1. The summed E-state index contributed by atoms with van der Waals surface area (Å²) in [4.78, 5) is 0. The van der Waals surface area contributed by atoms with Crippen molar-refractivity contribution in [1.29, 1.82) is 0 Å². The highest BCUT2D eigenvalue weighted by molar-refractivity contribution is 4.49. The molecule has 0 heteroatoms. The second kappa shape index (κ2) is 71.9. The van der Waals surface area contributed by atoms with E-state index >= 15 is 0 Å². The summed E-state index contributed by atoms with van der Waals surface area (Å²) in [6, 6.07) is 0. The monoisotopic (exact) mass is 697 g/mol. The van der Waals surface area contributed by atoms with Gasteiger partial charge in [0.1, 0.15) is 0 Å². The first-order valence-corrected chi connectivity index (χ1v) is 19.0. The molecule has 0 aliphatic rings.